The van der Waals surface area contributed by atoms with Gasteiger partial charge >= 0.3 is 7.82 Å². The second-order valence-corrected chi connectivity index (χ2v) is 8.73. The van der Waals surface area contributed by atoms with Crippen molar-refractivity contribution in [1.29, 1.82) is 0 Å². The van der Waals surface area contributed by atoms with Crippen LogP contribution >= 0.6 is 7.82 Å². The molecule has 2 aromatic carbocycles. The van der Waals surface area contributed by atoms with Crippen molar-refractivity contribution in [3.63, 3.8) is 0 Å². The fourth-order valence-electron chi connectivity index (χ4n) is 2.76. The Morgan fingerprint density at radius 1 is 0.679 bits per heavy atom. The molecule has 0 amide bonds. The summed E-state index contributed by atoms with van der Waals surface area (Å²) in [6.45, 7) is 6.54. The minimum atomic E-state index is -3.76. The SMILES string of the molecule is CCCCCCCCCOP(=O)(Oc1ccc(C)cc1)Oc1ccc(C)cc1. The van der Waals surface area contributed by atoms with Gasteiger partial charge in [-0.15, -0.1) is 0 Å². The van der Waals surface area contributed by atoms with Gasteiger partial charge in [-0.05, 0) is 44.5 Å². The van der Waals surface area contributed by atoms with Crippen molar-refractivity contribution in [2.75, 3.05) is 6.61 Å². The van der Waals surface area contributed by atoms with Crippen LogP contribution < -0.4 is 9.05 Å². The number of phosphoric ester groups is 1. The van der Waals surface area contributed by atoms with Gasteiger partial charge in [-0.3, -0.25) is 4.52 Å². The van der Waals surface area contributed by atoms with E-state index in [2.05, 4.69) is 6.92 Å². The average Bonchev–Trinajstić information content (AvgIpc) is 2.68. The first-order valence-electron chi connectivity index (χ1n) is 10.3. The number of hydrogen-bond donors (Lipinski definition) is 0. The van der Waals surface area contributed by atoms with Crippen molar-refractivity contribution in [2.24, 2.45) is 0 Å². The Morgan fingerprint density at radius 3 is 1.57 bits per heavy atom. The number of rotatable bonds is 13. The van der Waals surface area contributed by atoms with Crippen molar-refractivity contribution >= 4 is 7.82 Å². The maximum atomic E-state index is 13.2. The summed E-state index contributed by atoms with van der Waals surface area (Å²) in [5, 5.41) is 0. The van der Waals surface area contributed by atoms with Crippen molar-refractivity contribution in [3.05, 3.63) is 59.7 Å². The van der Waals surface area contributed by atoms with Crippen molar-refractivity contribution in [2.45, 2.75) is 65.7 Å². The highest BCUT2D eigenvalue weighted by molar-refractivity contribution is 7.49. The Morgan fingerprint density at radius 2 is 1.11 bits per heavy atom. The van der Waals surface area contributed by atoms with E-state index >= 15 is 0 Å². The molecule has 4 nitrogen and oxygen atoms in total. The molecule has 154 valence electrons. The zero-order valence-electron chi connectivity index (χ0n) is 17.4. The molecule has 0 radical (unpaired) electrons. The molecular weight excluding hydrogens is 371 g/mol. The molecule has 0 saturated heterocycles. The molecule has 5 heteroatoms. The van der Waals surface area contributed by atoms with Crippen LogP contribution in [0, 0.1) is 13.8 Å². The summed E-state index contributed by atoms with van der Waals surface area (Å²) < 4.78 is 30.2. The van der Waals surface area contributed by atoms with E-state index in [-0.39, 0.29) is 0 Å². The van der Waals surface area contributed by atoms with Crippen LogP contribution in [-0.4, -0.2) is 6.61 Å². The molecule has 0 spiro atoms. The molecule has 0 N–H and O–H groups in total. The summed E-state index contributed by atoms with van der Waals surface area (Å²) >= 11 is 0. The predicted octanol–water partition coefficient (Wildman–Crippen LogP) is 7.64. The maximum absolute atomic E-state index is 13.2. The quantitative estimate of drug-likeness (QED) is 0.254. The Kier molecular flexibility index (Phi) is 9.60. The van der Waals surface area contributed by atoms with Crippen LogP contribution in [0.5, 0.6) is 11.5 Å². The molecule has 0 aliphatic rings. The third-order valence-corrected chi connectivity index (χ3v) is 5.84. The summed E-state index contributed by atoms with van der Waals surface area (Å²) in [7, 11) is -3.76. The summed E-state index contributed by atoms with van der Waals surface area (Å²) in [6, 6.07) is 14.7. The predicted molar refractivity (Wildman–Crippen MR) is 115 cm³/mol. The number of hydrogen-bond acceptors (Lipinski definition) is 4. The van der Waals surface area contributed by atoms with Crippen LogP contribution in [0.1, 0.15) is 63.0 Å². The van der Waals surface area contributed by atoms with Gasteiger partial charge in [0.2, 0.25) is 0 Å². The van der Waals surface area contributed by atoms with E-state index in [4.69, 9.17) is 13.6 Å². The molecule has 0 aliphatic heterocycles. The van der Waals surface area contributed by atoms with Crippen LogP contribution in [0.3, 0.4) is 0 Å². The van der Waals surface area contributed by atoms with Gasteiger partial charge in [0.15, 0.2) is 0 Å². The van der Waals surface area contributed by atoms with Crippen LogP contribution in [0.4, 0.5) is 0 Å². The lowest BCUT2D eigenvalue weighted by molar-refractivity contribution is 0.205. The highest BCUT2D eigenvalue weighted by atomic mass is 31.2. The van der Waals surface area contributed by atoms with E-state index in [1.54, 1.807) is 24.3 Å². The first kappa shape index (κ1) is 22.5. The summed E-state index contributed by atoms with van der Waals surface area (Å²) in [5.74, 6) is 0.946. The normalized spacial score (nSPS) is 11.4. The molecule has 2 rings (SSSR count). The molecule has 0 aromatic heterocycles. The summed E-state index contributed by atoms with van der Waals surface area (Å²) in [6.07, 6.45) is 8.13. The zero-order chi connectivity index (χ0) is 20.2. The average molecular weight is 404 g/mol. The van der Waals surface area contributed by atoms with Gasteiger partial charge in [0.05, 0.1) is 6.61 Å². The van der Waals surface area contributed by atoms with E-state index in [1.165, 1.54) is 32.1 Å². The maximum Gasteiger partial charge on any atom is 0.587 e. The lowest BCUT2D eigenvalue weighted by atomic mass is 10.1. The van der Waals surface area contributed by atoms with Crippen molar-refractivity contribution < 1.29 is 18.1 Å². The fraction of sp³-hybridized carbons (Fsp3) is 0.478. The molecule has 2 aromatic rings. The van der Waals surface area contributed by atoms with E-state index in [9.17, 15) is 4.57 Å². The Bertz CT molecular complexity index is 674. The summed E-state index contributed by atoms with van der Waals surface area (Å²) in [4.78, 5) is 0. The van der Waals surface area contributed by atoms with Crippen LogP contribution in [0.15, 0.2) is 48.5 Å². The molecule has 0 unspecified atom stereocenters. The molecule has 0 bridgehead atoms. The van der Waals surface area contributed by atoms with Gasteiger partial charge in [-0.1, -0.05) is 80.8 Å². The van der Waals surface area contributed by atoms with E-state index in [1.807, 2.05) is 38.1 Å². The van der Waals surface area contributed by atoms with Gasteiger partial charge in [0, 0.05) is 0 Å². The lowest BCUT2D eigenvalue weighted by Crippen LogP contribution is -2.06. The molecular formula is C23H33O4P. The van der Waals surface area contributed by atoms with Gasteiger partial charge in [-0.2, -0.15) is 0 Å². The third-order valence-electron chi connectivity index (χ3n) is 4.47. The fourth-order valence-corrected chi connectivity index (χ4v) is 4.02. The second-order valence-electron chi connectivity index (χ2n) is 7.21. The lowest BCUT2D eigenvalue weighted by Gasteiger charge is -2.19. The molecule has 0 atom stereocenters. The topological polar surface area (TPSA) is 44.8 Å². The Balaban J connectivity index is 1.92. The van der Waals surface area contributed by atoms with Crippen LogP contribution in [0.2, 0.25) is 0 Å². The van der Waals surface area contributed by atoms with E-state index in [0.717, 1.165) is 24.0 Å². The van der Waals surface area contributed by atoms with Gasteiger partial charge in [0.25, 0.3) is 0 Å². The third kappa shape index (κ3) is 8.50. The van der Waals surface area contributed by atoms with E-state index < -0.39 is 7.82 Å². The number of benzene rings is 2. The molecule has 0 heterocycles. The Hall–Kier alpha value is -1.77. The Labute approximate surface area is 169 Å². The monoisotopic (exact) mass is 404 g/mol. The highest BCUT2D eigenvalue weighted by Gasteiger charge is 2.30. The van der Waals surface area contributed by atoms with Crippen molar-refractivity contribution in [3.8, 4) is 11.5 Å². The minimum Gasteiger partial charge on any atom is -0.395 e. The molecule has 0 aliphatic carbocycles. The van der Waals surface area contributed by atoms with E-state index in [0.29, 0.717) is 18.1 Å². The van der Waals surface area contributed by atoms with Crippen LogP contribution in [-0.2, 0) is 9.09 Å². The first-order chi connectivity index (χ1) is 13.5. The van der Waals surface area contributed by atoms with Crippen molar-refractivity contribution in [1.82, 2.24) is 0 Å². The van der Waals surface area contributed by atoms with Gasteiger partial charge in [0.1, 0.15) is 11.5 Å². The molecule has 0 saturated carbocycles. The van der Waals surface area contributed by atoms with Gasteiger partial charge in [-0.25, -0.2) is 4.57 Å². The number of phosphoric acid groups is 1. The number of unbranched alkanes of at least 4 members (excludes halogenated alkanes) is 6. The summed E-state index contributed by atoms with van der Waals surface area (Å²) in [5.41, 5.74) is 2.20. The minimum absolute atomic E-state index is 0.350. The first-order valence-corrected chi connectivity index (χ1v) is 11.7. The number of aryl methyl sites for hydroxylation is 2. The molecule has 0 fully saturated rings. The second kappa shape index (κ2) is 11.9. The van der Waals surface area contributed by atoms with Crippen LogP contribution in [0.25, 0.3) is 0 Å². The zero-order valence-corrected chi connectivity index (χ0v) is 18.3. The van der Waals surface area contributed by atoms with Gasteiger partial charge < -0.3 is 9.05 Å². The smallest absolute Gasteiger partial charge is 0.395 e. The molecule has 28 heavy (non-hydrogen) atoms. The largest absolute Gasteiger partial charge is 0.587 e. The highest BCUT2D eigenvalue weighted by Crippen LogP contribution is 2.49. The standard InChI is InChI=1S/C23H33O4P/c1-4-5-6-7-8-9-10-19-25-28(24,26-22-15-11-20(2)12-16-22)27-23-17-13-21(3)14-18-23/h11-18H,4-10,19H2,1-3H3.